The molecule has 1 aliphatic carbocycles. The molecule has 0 radical (unpaired) electrons. The van der Waals surface area contributed by atoms with Crippen LogP contribution in [-0.4, -0.2) is 75.6 Å². The van der Waals surface area contributed by atoms with E-state index < -0.39 is 30.0 Å². The van der Waals surface area contributed by atoms with Gasteiger partial charge in [0.15, 0.2) is 11.5 Å². The molecule has 1 saturated heterocycles. The van der Waals surface area contributed by atoms with Gasteiger partial charge in [0.2, 0.25) is 5.75 Å². The SMILES string of the molecule is COC(=O)C1CC(OC(=O)c2cc(OC)c(OC(=O)OCc3ccc(F)cc3)c(OC)c2)CC2CN3CCc4c([nH]c5cc(OC)ccc45)C3CC21. The second-order valence-electron chi connectivity index (χ2n) is 13.5. The smallest absolute Gasteiger partial charge is 0.497 e. The molecule has 2 fully saturated rings. The summed E-state index contributed by atoms with van der Waals surface area (Å²) in [5, 5.41) is 1.20. The van der Waals surface area contributed by atoms with Crippen LogP contribution in [0, 0.1) is 23.6 Å². The van der Waals surface area contributed by atoms with Crippen molar-refractivity contribution in [1.82, 2.24) is 9.88 Å². The number of hydrogen-bond donors (Lipinski definition) is 1. The summed E-state index contributed by atoms with van der Waals surface area (Å²) in [6.07, 6.45) is 1.03. The van der Waals surface area contributed by atoms with Gasteiger partial charge in [0.05, 0.1) is 46.0 Å². The van der Waals surface area contributed by atoms with E-state index in [1.165, 1.54) is 74.4 Å². The lowest BCUT2D eigenvalue weighted by molar-refractivity contribution is -0.155. The number of nitrogens with one attached hydrogen (secondary N) is 1. The Kier molecular flexibility index (Phi) is 9.96. The molecule has 0 bridgehead atoms. The molecule has 0 amide bonds. The zero-order chi connectivity index (χ0) is 36.5. The largest absolute Gasteiger partial charge is 0.514 e. The summed E-state index contributed by atoms with van der Waals surface area (Å²) in [6.45, 7) is 1.50. The second-order valence-corrected chi connectivity index (χ2v) is 13.5. The highest BCUT2D eigenvalue weighted by molar-refractivity contribution is 5.91. The third kappa shape index (κ3) is 6.84. The lowest BCUT2D eigenvalue weighted by Crippen LogP contribution is -2.52. The van der Waals surface area contributed by atoms with Crippen molar-refractivity contribution in [1.29, 1.82) is 0 Å². The van der Waals surface area contributed by atoms with Crippen LogP contribution in [0.2, 0.25) is 0 Å². The van der Waals surface area contributed by atoms with Crippen molar-refractivity contribution >= 4 is 29.0 Å². The fourth-order valence-electron chi connectivity index (χ4n) is 8.21. The van der Waals surface area contributed by atoms with Crippen LogP contribution < -0.4 is 18.9 Å². The van der Waals surface area contributed by atoms with E-state index in [9.17, 15) is 18.8 Å². The van der Waals surface area contributed by atoms with Gasteiger partial charge >= 0.3 is 18.1 Å². The second kappa shape index (κ2) is 14.7. The van der Waals surface area contributed by atoms with Crippen molar-refractivity contribution in [3.05, 3.63) is 82.8 Å². The van der Waals surface area contributed by atoms with E-state index in [0.29, 0.717) is 18.4 Å². The van der Waals surface area contributed by atoms with Gasteiger partial charge in [-0.1, -0.05) is 12.1 Å². The number of esters is 2. The molecule has 5 unspecified atom stereocenters. The van der Waals surface area contributed by atoms with Crippen LogP contribution in [0.15, 0.2) is 54.6 Å². The topological polar surface area (TPSA) is 135 Å². The monoisotopic (exact) mass is 716 g/mol. The standard InChI is InChI=1S/C39H41FN2O10/c1-46-25-9-10-27-28-11-12-42-19-23-13-26(16-30(38(44)49-4)29(23)18-32(42)35(28)41-31(27)17-25)51-37(43)22-14-33(47-2)36(34(15-22)48-3)52-39(45)50-20-21-5-7-24(40)8-6-21/h5-10,14-15,17,23,26,29-30,32,41H,11-13,16,18-20H2,1-4H3. The predicted molar refractivity (Wildman–Crippen MR) is 185 cm³/mol. The first-order valence-corrected chi connectivity index (χ1v) is 17.3. The summed E-state index contributed by atoms with van der Waals surface area (Å²) >= 11 is 0. The minimum atomic E-state index is -1.05. The third-order valence-corrected chi connectivity index (χ3v) is 10.7. The number of hydrogen-bond acceptors (Lipinski definition) is 11. The lowest BCUT2D eigenvalue weighted by atomic mass is 9.65. The minimum absolute atomic E-state index is 0.0411. The number of fused-ring (bicyclic) bond motifs is 6. The summed E-state index contributed by atoms with van der Waals surface area (Å²) in [5.74, 6) is -0.853. The maximum Gasteiger partial charge on any atom is 0.514 e. The molecule has 1 N–H and O–H groups in total. The van der Waals surface area contributed by atoms with Crippen LogP contribution in [0.5, 0.6) is 23.0 Å². The molecule has 4 aromatic rings. The Morgan fingerprint density at radius 1 is 0.904 bits per heavy atom. The van der Waals surface area contributed by atoms with Crippen molar-refractivity contribution in [2.75, 3.05) is 41.5 Å². The summed E-state index contributed by atoms with van der Waals surface area (Å²) in [7, 11) is 5.77. The molecule has 0 spiro atoms. The molecule has 12 nitrogen and oxygen atoms in total. The fraction of sp³-hybridized carbons (Fsp3) is 0.410. The molecule has 1 saturated carbocycles. The summed E-state index contributed by atoms with van der Waals surface area (Å²) in [6, 6.07) is 14.5. The van der Waals surface area contributed by atoms with Crippen LogP contribution in [0.4, 0.5) is 9.18 Å². The fourth-order valence-corrected chi connectivity index (χ4v) is 8.21. The first-order chi connectivity index (χ1) is 25.2. The Morgan fingerprint density at radius 2 is 1.65 bits per heavy atom. The highest BCUT2D eigenvalue weighted by atomic mass is 19.1. The average molecular weight is 717 g/mol. The summed E-state index contributed by atoms with van der Waals surface area (Å²) in [5.41, 5.74) is 4.23. The van der Waals surface area contributed by atoms with Gasteiger partial charge in [-0.05, 0) is 85.0 Å². The number of carbonyl (C=O) groups is 3. The van der Waals surface area contributed by atoms with E-state index in [-0.39, 0.29) is 53.3 Å². The number of ether oxygens (including phenoxy) is 7. The van der Waals surface area contributed by atoms with Crippen molar-refractivity contribution in [3.63, 3.8) is 0 Å². The number of H-pyrrole nitrogens is 1. The quantitative estimate of drug-likeness (QED) is 0.117. The molecule has 274 valence electrons. The molecule has 52 heavy (non-hydrogen) atoms. The zero-order valence-corrected chi connectivity index (χ0v) is 29.4. The Bertz CT molecular complexity index is 1950. The van der Waals surface area contributed by atoms with E-state index in [1.807, 2.05) is 12.1 Å². The molecule has 5 atom stereocenters. The van der Waals surface area contributed by atoms with Gasteiger partial charge in [-0.3, -0.25) is 9.69 Å². The summed E-state index contributed by atoms with van der Waals surface area (Å²) < 4.78 is 51.5. The Hall–Kier alpha value is -5.30. The number of halogens is 1. The number of carbonyl (C=O) groups excluding carboxylic acids is 3. The number of rotatable bonds is 9. The van der Waals surface area contributed by atoms with E-state index in [4.69, 9.17) is 33.2 Å². The first-order valence-electron chi connectivity index (χ1n) is 17.3. The van der Waals surface area contributed by atoms with E-state index >= 15 is 0 Å². The molecular formula is C39H41FN2O10. The molecule has 3 aromatic carbocycles. The predicted octanol–water partition coefficient (Wildman–Crippen LogP) is 6.39. The van der Waals surface area contributed by atoms with Gasteiger partial charge in [0.1, 0.15) is 24.3 Å². The van der Waals surface area contributed by atoms with Gasteiger partial charge in [-0.2, -0.15) is 0 Å². The van der Waals surface area contributed by atoms with E-state index in [1.54, 1.807) is 7.11 Å². The van der Waals surface area contributed by atoms with Crippen LogP contribution in [-0.2, 0) is 32.0 Å². The third-order valence-electron chi connectivity index (χ3n) is 10.7. The highest BCUT2D eigenvalue weighted by Crippen LogP contribution is 2.50. The van der Waals surface area contributed by atoms with Gasteiger partial charge in [0.25, 0.3) is 0 Å². The normalized spacial score (nSPS) is 22.3. The number of nitrogens with zero attached hydrogens (tertiary/aromatic N) is 1. The molecule has 1 aromatic heterocycles. The minimum Gasteiger partial charge on any atom is -0.497 e. The highest BCUT2D eigenvalue weighted by Gasteiger charge is 2.49. The molecule has 7 rings (SSSR count). The van der Waals surface area contributed by atoms with Crippen molar-refractivity contribution < 1.29 is 51.9 Å². The van der Waals surface area contributed by atoms with Gasteiger partial charge < -0.3 is 38.1 Å². The van der Waals surface area contributed by atoms with Crippen LogP contribution >= 0.6 is 0 Å². The zero-order valence-electron chi connectivity index (χ0n) is 29.4. The van der Waals surface area contributed by atoms with Gasteiger partial charge in [-0.15, -0.1) is 0 Å². The number of methoxy groups -OCH3 is 4. The summed E-state index contributed by atoms with van der Waals surface area (Å²) in [4.78, 5) is 45.6. The maximum atomic E-state index is 13.6. The van der Waals surface area contributed by atoms with Gasteiger partial charge in [0, 0.05) is 35.8 Å². The lowest BCUT2D eigenvalue weighted by Gasteiger charge is -2.51. The van der Waals surface area contributed by atoms with Crippen molar-refractivity contribution in [2.45, 2.75) is 44.4 Å². The van der Waals surface area contributed by atoms with Crippen LogP contribution in [0.25, 0.3) is 10.9 Å². The Balaban J connectivity index is 1.05. The number of piperidine rings is 1. The van der Waals surface area contributed by atoms with Crippen LogP contribution in [0.3, 0.4) is 0 Å². The molecule has 2 aliphatic heterocycles. The molecule has 13 heteroatoms. The average Bonchev–Trinajstić information content (AvgIpc) is 3.54. The Morgan fingerprint density at radius 3 is 2.35 bits per heavy atom. The molecule has 3 heterocycles. The van der Waals surface area contributed by atoms with Crippen LogP contribution in [0.1, 0.15) is 52.5 Å². The number of aromatic amines is 1. The van der Waals surface area contributed by atoms with Gasteiger partial charge in [-0.25, -0.2) is 14.0 Å². The van der Waals surface area contributed by atoms with Crippen molar-refractivity contribution in [2.24, 2.45) is 17.8 Å². The van der Waals surface area contributed by atoms with E-state index in [2.05, 4.69) is 16.0 Å². The van der Waals surface area contributed by atoms with Crippen molar-refractivity contribution in [3.8, 4) is 23.0 Å². The van der Waals surface area contributed by atoms with E-state index in [0.717, 1.165) is 37.2 Å². The number of benzene rings is 3. The molecule has 3 aliphatic rings. The molecular weight excluding hydrogens is 675 g/mol. The number of aromatic nitrogens is 1. The maximum absolute atomic E-state index is 13.6. The Labute approximate surface area is 300 Å². The first kappa shape index (κ1) is 35.1.